The van der Waals surface area contributed by atoms with Gasteiger partial charge in [0.1, 0.15) is 11.1 Å². The van der Waals surface area contributed by atoms with Crippen LogP contribution in [0.3, 0.4) is 0 Å². The van der Waals surface area contributed by atoms with Gasteiger partial charge in [-0.1, -0.05) is 42.0 Å². The summed E-state index contributed by atoms with van der Waals surface area (Å²) in [4.78, 5) is 26.6. The Bertz CT molecular complexity index is 1010. The first-order chi connectivity index (χ1) is 15.1. The van der Waals surface area contributed by atoms with Gasteiger partial charge in [0.05, 0.1) is 18.6 Å². The molecule has 4 rings (SSSR count). The SMILES string of the molecule is Cc1ccc(CCCNC(=O)c2ccc([C@H]3SCC(=O)N3Cc3ccco3)cc2)cc1. The van der Waals surface area contributed by atoms with Gasteiger partial charge in [-0.05, 0) is 55.2 Å². The van der Waals surface area contributed by atoms with Gasteiger partial charge < -0.3 is 14.6 Å². The second-order valence-corrected chi connectivity index (χ2v) is 8.80. The smallest absolute Gasteiger partial charge is 0.251 e. The van der Waals surface area contributed by atoms with E-state index in [1.54, 1.807) is 18.0 Å². The van der Waals surface area contributed by atoms with Crippen molar-refractivity contribution in [1.82, 2.24) is 10.2 Å². The topological polar surface area (TPSA) is 62.6 Å². The first-order valence-corrected chi connectivity index (χ1v) is 11.5. The number of hydrogen-bond donors (Lipinski definition) is 1. The minimum Gasteiger partial charge on any atom is -0.467 e. The summed E-state index contributed by atoms with van der Waals surface area (Å²) in [5.74, 6) is 1.25. The fourth-order valence-corrected chi connectivity index (χ4v) is 4.81. The standard InChI is InChI=1S/C25H26N2O3S/c1-18-6-8-19(9-7-18)4-2-14-26-24(29)20-10-12-21(13-11-20)25-27(23(28)17-31-25)16-22-5-3-15-30-22/h3,5-13,15,25H,2,4,14,16-17H2,1H3,(H,26,29)/t25-/m1/s1. The highest BCUT2D eigenvalue weighted by atomic mass is 32.2. The molecule has 1 saturated heterocycles. The molecule has 1 aliphatic rings. The van der Waals surface area contributed by atoms with Gasteiger partial charge in [-0.15, -0.1) is 11.8 Å². The molecule has 0 saturated carbocycles. The number of carbonyl (C=O) groups is 2. The van der Waals surface area contributed by atoms with E-state index in [1.807, 2.05) is 41.3 Å². The van der Waals surface area contributed by atoms with E-state index in [0.29, 0.717) is 24.4 Å². The molecule has 2 heterocycles. The fraction of sp³-hybridized carbons (Fsp3) is 0.280. The predicted octanol–water partition coefficient (Wildman–Crippen LogP) is 4.72. The molecule has 0 unspecified atom stereocenters. The summed E-state index contributed by atoms with van der Waals surface area (Å²) < 4.78 is 5.40. The molecular weight excluding hydrogens is 408 g/mol. The Hall–Kier alpha value is -2.99. The molecule has 1 N–H and O–H groups in total. The second kappa shape index (κ2) is 9.88. The molecule has 0 aliphatic carbocycles. The normalized spacial score (nSPS) is 16.0. The summed E-state index contributed by atoms with van der Waals surface area (Å²) in [6, 6.07) is 19.7. The number of hydrogen-bond acceptors (Lipinski definition) is 4. The lowest BCUT2D eigenvalue weighted by atomic mass is 10.1. The average molecular weight is 435 g/mol. The van der Waals surface area contributed by atoms with Crippen LogP contribution < -0.4 is 5.32 Å². The van der Waals surface area contributed by atoms with Crippen LogP contribution in [0.15, 0.2) is 71.3 Å². The number of nitrogens with one attached hydrogen (secondary N) is 1. The molecule has 2 amide bonds. The Kier molecular flexibility index (Phi) is 6.77. The fourth-order valence-electron chi connectivity index (χ4n) is 3.62. The number of carbonyl (C=O) groups excluding carboxylic acids is 2. The largest absolute Gasteiger partial charge is 0.467 e. The zero-order valence-corrected chi connectivity index (χ0v) is 18.4. The van der Waals surface area contributed by atoms with Crippen LogP contribution in [-0.2, 0) is 17.8 Å². The van der Waals surface area contributed by atoms with Gasteiger partial charge in [0, 0.05) is 12.1 Å². The third kappa shape index (κ3) is 5.39. The maximum atomic E-state index is 12.5. The number of aryl methyl sites for hydroxylation is 2. The van der Waals surface area contributed by atoms with E-state index in [1.165, 1.54) is 11.1 Å². The number of thioether (sulfide) groups is 1. The number of amides is 2. The zero-order chi connectivity index (χ0) is 21.6. The lowest BCUT2D eigenvalue weighted by Gasteiger charge is -2.23. The van der Waals surface area contributed by atoms with Crippen molar-refractivity contribution in [2.24, 2.45) is 0 Å². The van der Waals surface area contributed by atoms with Gasteiger partial charge in [0.15, 0.2) is 0 Å². The first-order valence-electron chi connectivity index (χ1n) is 10.5. The van der Waals surface area contributed by atoms with Crippen molar-refractivity contribution in [2.75, 3.05) is 12.3 Å². The van der Waals surface area contributed by atoms with E-state index in [9.17, 15) is 9.59 Å². The second-order valence-electron chi connectivity index (χ2n) is 7.73. The number of benzene rings is 2. The minimum atomic E-state index is -0.0713. The average Bonchev–Trinajstić information content (AvgIpc) is 3.43. The van der Waals surface area contributed by atoms with Crippen molar-refractivity contribution in [3.05, 3.63) is 94.9 Å². The minimum absolute atomic E-state index is 0.0655. The summed E-state index contributed by atoms with van der Waals surface area (Å²) in [6.07, 6.45) is 3.46. The molecule has 3 aromatic rings. The first kappa shape index (κ1) is 21.2. The third-order valence-corrected chi connectivity index (χ3v) is 6.64. The highest BCUT2D eigenvalue weighted by Gasteiger charge is 2.33. The molecule has 31 heavy (non-hydrogen) atoms. The number of nitrogens with zero attached hydrogens (tertiary/aromatic N) is 1. The highest BCUT2D eigenvalue weighted by Crippen LogP contribution is 2.39. The Morgan fingerprint density at radius 1 is 1.13 bits per heavy atom. The summed E-state index contributed by atoms with van der Waals surface area (Å²) in [5, 5.41) is 2.93. The van der Waals surface area contributed by atoms with E-state index < -0.39 is 0 Å². The molecule has 160 valence electrons. The van der Waals surface area contributed by atoms with E-state index >= 15 is 0 Å². The van der Waals surface area contributed by atoms with Gasteiger partial charge in [0.2, 0.25) is 5.91 Å². The van der Waals surface area contributed by atoms with Crippen LogP contribution in [-0.4, -0.2) is 29.0 Å². The van der Waals surface area contributed by atoms with Crippen LogP contribution in [0.5, 0.6) is 0 Å². The Morgan fingerprint density at radius 3 is 2.61 bits per heavy atom. The number of furan rings is 1. The van der Waals surface area contributed by atoms with E-state index in [4.69, 9.17) is 4.42 Å². The van der Waals surface area contributed by atoms with Crippen LogP contribution >= 0.6 is 11.8 Å². The molecule has 0 spiro atoms. The van der Waals surface area contributed by atoms with Crippen LogP contribution in [0.4, 0.5) is 0 Å². The monoisotopic (exact) mass is 434 g/mol. The van der Waals surface area contributed by atoms with E-state index in [-0.39, 0.29) is 17.2 Å². The zero-order valence-electron chi connectivity index (χ0n) is 17.5. The molecule has 0 bridgehead atoms. The van der Waals surface area contributed by atoms with E-state index in [0.717, 1.165) is 24.2 Å². The maximum Gasteiger partial charge on any atom is 0.251 e. The van der Waals surface area contributed by atoms with Gasteiger partial charge in [-0.3, -0.25) is 9.59 Å². The molecule has 1 fully saturated rings. The van der Waals surface area contributed by atoms with Crippen molar-refractivity contribution in [3.63, 3.8) is 0 Å². The molecule has 5 nitrogen and oxygen atoms in total. The Labute approximate surface area is 186 Å². The summed E-state index contributed by atoms with van der Waals surface area (Å²) in [6.45, 7) is 3.17. The van der Waals surface area contributed by atoms with Crippen LogP contribution in [0.2, 0.25) is 0 Å². The number of rotatable bonds is 8. The molecule has 6 heteroatoms. The summed E-state index contributed by atoms with van der Waals surface area (Å²) >= 11 is 1.60. The molecule has 1 aliphatic heterocycles. The lowest BCUT2D eigenvalue weighted by molar-refractivity contribution is -0.128. The van der Waals surface area contributed by atoms with Crippen molar-refractivity contribution < 1.29 is 14.0 Å². The van der Waals surface area contributed by atoms with Crippen molar-refractivity contribution in [1.29, 1.82) is 0 Å². The van der Waals surface area contributed by atoms with Gasteiger partial charge >= 0.3 is 0 Å². The molecule has 1 aromatic heterocycles. The molecular formula is C25H26N2O3S. The summed E-state index contributed by atoms with van der Waals surface area (Å²) in [5.41, 5.74) is 4.18. The Balaban J connectivity index is 1.30. The van der Waals surface area contributed by atoms with Crippen LogP contribution in [0, 0.1) is 6.92 Å². The van der Waals surface area contributed by atoms with Crippen molar-refractivity contribution in [3.8, 4) is 0 Å². The lowest BCUT2D eigenvalue weighted by Crippen LogP contribution is -2.27. The van der Waals surface area contributed by atoms with Crippen LogP contribution in [0.25, 0.3) is 0 Å². The quantitative estimate of drug-likeness (QED) is 0.521. The van der Waals surface area contributed by atoms with E-state index in [2.05, 4.69) is 36.5 Å². The molecule has 1 atom stereocenters. The summed E-state index contributed by atoms with van der Waals surface area (Å²) in [7, 11) is 0. The van der Waals surface area contributed by atoms with Crippen molar-refractivity contribution >= 4 is 23.6 Å². The van der Waals surface area contributed by atoms with Gasteiger partial charge in [-0.2, -0.15) is 0 Å². The van der Waals surface area contributed by atoms with Gasteiger partial charge in [0.25, 0.3) is 5.91 Å². The third-order valence-electron chi connectivity index (χ3n) is 5.38. The predicted molar refractivity (Wildman–Crippen MR) is 123 cm³/mol. The molecule has 2 aromatic carbocycles. The van der Waals surface area contributed by atoms with Gasteiger partial charge in [-0.25, -0.2) is 0 Å². The molecule has 0 radical (unpaired) electrons. The van der Waals surface area contributed by atoms with Crippen molar-refractivity contribution in [2.45, 2.75) is 31.7 Å². The van der Waals surface area contributed by atoms with Crippen LogP contribution in [0.1, 0.15) is 44.6 Å². The maximum absolute atomic E-state index is 12.5. The highest BCUT2D eigenvalue weighted by molar-refractivity contribution is 8.00. The Morgan fingerprint density at radius 2 is 1.90 bits per heavy atom.